The lowest BCUT2D eigenvalue weighted by molar-refractivity contribution is 0.122. The molecule has 1 aromatic rings. The van der Waals surface area contributed by atoms with Gasteiger partial charge in [-0.15, -0.1) is 10.2 Å². The van der Waals surface area contributed by atoms with Crippen LogP contribution in [0.15, 0.2) is 11.6 Å². The number of ether oxygens (including phenoxy) is 2. The zero-order chi connectivity index (χ0) is 14.5. The molecule has 1 fully saturated rings. The van der Waals surface area contributed by atoms with Crippen LogP contribution in [0.2, 0.25) is 0 Å². The number of hydrogen-bond acceptors (Lipinski definition) is 5. The van der Waals surface area contributed by atoms with Gasteiger partial charge in [-0.3, -0.25) is 0 Å². The van der Waals surface area contributed by atoms with Crippen LogP contribution in [0.5, 0.6) is 5.88 Å². The summed E-state index contributed by atoms with van der Waals surface area (Å²) in [6.07, 6.45) is 0. The van der Waals surface area contributed by atoms with Gasteiger partial charge in [0.15, 0.2) is 0 Å². The molecule has 1 aliphatic heterocycles. The fraction of sp³-hybridized carbons (Fsp3) is 0.600. The highest BCUT2D eigenvalue weighted by Gasteiger charge is 2.18. The van der Waals surface area contributed by atoms with E-state index in [1.807, 2.05) is 6.92 Å². The van der Waals surface area contributed by atoms with Crippen LogP contribution in [0, 0.1) is 0 Å². The minimum absolute atomic E-state index is 0.590. The predicted octanol–water partition coefficient (Wildman–Crippen LogP) is 2.53. The fourth-order valence-corrected chi connectivity index (χ4v) is 2.08. The van der Waals surface area contributed by atoms with E-state index in [1.54, 1.807) is 0 Å². The maximum Gasteiger partial charge on any atom is 0.257 e. The average molecular weight is 277 g/mol. The van der Waals surface area contributed by atoms with Crippen LogP contribution in [-0.4, -0.2) is 43.1 Å². The molecular formula is C15H23N3O2. The van der Waals surface area contributed by atoms with Crippen LogP contribution in [0.1, 0.15) is 33.4 Å². The molecule has 0 atom stereocenters. The van der Waals surface area contributed by atoms with Crippen molar-refractivity contribution in [2.24, 2.45) is 0 Å². The van der Waals surface area contributed by atoms with E-state index in [0.717, 1.165) is 43.3 Å². The summed E-state index contributed by atoms with van der Waals surface area (Å²) in [4.78, 5) is 2.25. The number of allylic oxidation sites excluding steroid dienone is 2. The lowest BCUT2D eigenvalue weighted by atomic mass is 10.1. The molecule has 1 saturated heterocycles. The maximum atomic E-state index is 5.61. The van der Waals surface area contributed by atoms with Gasteiger partial charge in [-0.1, -0.05) is 5.57 Å². The third-order valence-electron chi connectivity index (χ3n) is 3.51. The molecule has 0 N–H and O–H groups in total. The number of rotatable bonds is 4. The van der Waals surface area contributed by atoms with Crippen molar-refractivity contribution in [1.82, 2.24) is 10.2 Å². The minimum atomic E-state index is 0.590. The first kappa shape index (κ1) is 14.8. The molecule has 1 aromatic heterocycles. The van der Waals surface area contributed by atoms with Crippen molar-refractivity contribution in [2.45, 2.75) is 27.7 Å². The second-order valence-corrected chi connectivity index (χ2v) is 5.08. The summed E-state index contributed by atoms with van der Waals surface area (Å²) >= 11 is 0. The first-order valence-corrected chi connectivity index (χ1v) is 7.11. The van der Waals surface area contributed by atoms with Gasteiger partial charge in [0.25, 0.3) is 5.88 Å². The molecule has 1 aliphatic rings. The van der Waals surface area contributed by atoms with Gasteiger partial charge in [0.1, 0.15) is 5.69 Å². The van der Waals surface area contributed by atoms with E-state index < -0.39 is 0 Å². The smallest absolute Gasteiger partial charge is 0.257 e. The van der Waals surface area contributed by atoms with Gasteiger partial charge in [0.05, 0.1) is 25.5 Å². The summed E-state index contributed by atoms with van der Waals surface area (Å²) in [6, 6.07) is 2.08. The number of morpholine rings is 1. The fourth-order valence-electron chi connectivity index (χ4n) is 2.08. The Bertz CT molecular complexity index is 490. The number of anilines is 1. The highest BCUT2D eigenvalue weighted by atomic mass is 16.5. The van der Waals surface area contributed by atoms with Crippen LogP contribution in [0.25, 0.3) is 5.57 Å². The van der Waals surface area contributed by atoms with E-state index in [1.165, 1.54) is 5.57 Å². The van der Waals surface area contributed by atoms with Crippen molar-refractivity contribution in [3.8, 4) is 5.88 Å². The lowest BCUT2D eigenvalue weighted by Gasteiger charge is -2.29. The first-order valence-electron chi connectivity index (χ1n) is 7.11. The molecule has 20 heavy (non-hydrogen) atoms. The SMILES string of the molecule is CCOc1nnc(C(C)=C(C)C)cc1N1CCOCC1. The van der Waals surface area contributed by atoms with Crippen LogP contribution in [-0.2, 0) is 4.74 Å². The van der Waals surface area contributed by atoms with Crippen LogP contribution in [0.4, 0.5) is 5.69 Å². The molecule has 0 amide bonds. The van der Waals surface area contributed by atoms with E-state index in [4.69, 9.17) is 9.47 Å². The topological polar surface area (TPSA) is 47.5 Å². The van der Waals surface area contributed by atoms with Crippen molar-refractivity contribution in [3.05, 3.63) is 17.3 Å². The molecule has 0 aromatic carbocycles. The molecule has 2 heterocycles. The summed E-state index contributed by atoms with van der Waals surface area (Å²) in [6.45, 7) is 12.0. The van der Waals surface area contributed by atoms with E-state index in [2.05, 4.69) is 41.9 Å². The third kappa shape index (κ3) is 3.28. The van der Waals surface area contributed by atoms with E-state index in [9.17, 15) is 0 Å². The second kappa shape index (κ2) is 6.70. The molecule has 0 saturated carbocycles. The van der Waals surface area contributed by atoms with Crippen molar-refractivity contribution in [1.29, 1.82) is 0 Å². The molecule has 0 spiro atoms. The molecule has 0 unspecified atom stereocenters. The zero-order valence-electron chi connectivity index (χ0n) is 12.8. The van der Waals surface area contributed by atoms with Crippen molar-refractivity contribution < 1.29 is 9.47 Å². The molecule has 0 bridgehead atoms. The van der Waals surface area contributed by atoms with Crippen LogP contribution < -0.4 is 9.64 Å². The molecule has 0 radical (unpaired) electrons. The Hall–Kier alpha value is -1.62. The second-order valence-electron chi connectivity index (χ2n) is 5.08. The maximum absolute atomic E-state index is 5.61. The van der Waals surface area contributed by atoms with Gasteiger partial charge in [0, 0.05) is 13.1 Å². The summed E-state index contributed by atoms with van der Waals surface area (Å²) in [5.74, 6) is 0.611. The monoisotopic (exact) mass is 277 g/mol. The van der Waals surface area contributed by atoms with Gasteiger partial charge < -0.3 is 14.4 Å². The van der Waals surface area contributed by atoms with E-state index in [-0.39, 0.29) is 0 Å². The number of hydrogen-bond donors (Lipinski definition) is 0. The quantitative estimate of drug-likeness (QED) is 0.846. The van der Waals surface area contributed by atoms with Gasteiger partial charge in [0.2, 0.25) is 0 Å². The highest BCUT2D eigenvalue weighted by molar-refractivity contribution is 5.68. The van der Waals surface area contributed by atoms with Gasteiger partial charge >= 0.3 is 0 Å². The summed E-state index contributed by atoms with van der Waals surface area (Å²) in [7, 11) is 0. The Morgan fingerprint density at radius 3 is 2.55 bits per heavy atom. The lowest BCUT2D eigenvalue weighted by Crippen LogP contribution is -2.36. The molecular weight excluding hydrogens is 254 g/mol. The van der Waals surface area contributed by atoms with Crippen molar-refractivity contribution in [3.63, 3.8) is 0 Å². The zero-order valence-corrected chi connectivity index (χ0v) is 12.8. The van der Waals surface area contributed by atoms with E-state index >= 15 is 0 Å². The average Bonchev–Trinajstić information content (AvgIpc) is 2.48. The first-order chi connectivity index (χ1) is 9.63. The summed E-state index contributed by atoms with van der Waals surface area (Å²) in [5.41, 5.74) is 4.34. The predicted molar refractivity (Wildman–Crippen MR) is 80.2 cm³/mol. The Morgan fingerprint density at radius 2 is 1.95 bits per heavy atom. The van der Waals surface area contributed by atoms with Crippen LogP contribution >= 0.6 is 0 Å². The highest BCUT2D eigenvalue weighted by Crippen LogP contribution is 2.29. The standard InChI is InChI=1S/C15H23N3O2/c1-5-20-15-14(18-6-8-19-9-7-18)10-13(16-17-15)12(4)11(2)3/h10H,5-9H2,1-4H3. The van der Waals surface area contributed by atoms with Gasteiger partial charge in [-0.25, -0.2) is 0 Å². The van der Waals surface area contributed by atoms with Gasteiger partial charge in [-0.2, -0.15) is 0 Å². The molecule has 0 aliphatic carbocycles. The van der Waals surface area contributed by atoms with Crippen molar-refractivity contribution >= 4 is 11.3 Å². The number of aromatic nitrogens is 2. The molecule has 2 rings (SSSR count). The minimum Gasteiger partial charge on any atom is -0.475 e. The van der Waals surface area contributed by atoms with E-state index in [0.29, 0.717) is 12.5 Å². The molecule has 110 valence electrons. The largest absolute Gasteiger partial charge is 0.475 e. The van der Waals surface area contributed by atoms with Crippen LogP contribution in [0.3, 0.4) is 0 Å². The molecule has 5 heteroatoms. The third-order valence-corrected chi connectivity index (χ3v) is 3.51. The Labute approximate surface area is 120 Å². The Morgan fingerprint density at radius 1 is 1.25 bits per heavy atom. The van der Waals surface area contributed by atoms with Gasteiger partial charge in [-0.05, 0) is 39.3 Å². The Kier molecular flexibility index (Phi) is 4.95. The number of nitrogens with zero attached hydrogens (tertiary/aromatic N) is 3. The van der Waals surface area contributed by atoms with Crippen molar-refractivity contribution in [2.75, 3.05) is 37.8 Å². The summed E-state index contributed by atoms with van der Waals surface area (Å²) in [5, 5.41) is 8.54. The normalized spacial score (nSPS) is 15.1. The Balaban J connectivity index is 2.38. The summed E-state index contributed by atoms with van der Waals surface area (Å²) < 4.78 is 11.0. The molecule has 5 nitrogen and oxygen atoms in total.